The average molecular weight is 257 g/mol. The molecule has 1 amide bonds. The van der Waals surface area contributed by atoms with Crippen LogP contribution in [0.15, 0.2) is 0 Å². The molecule has 1 heterocycles. The van der Waals surface area contributed by atoms with E-state index < -0.39 is 0 Å². The van der Waals surface area contributed by atoms with Gasteiger partial charge in [-0.3, -0.25) is 4.79 Å². The number of ether oxygens (including phenoxy) is 1. The summed E-state index contributed by atoms with van der Waals surface area (Å²) < 4.78 is 5.28. The second kappa shape index (κ2) is 5.27. The highest BCUT2D eigenvalue weighted by Gasteiger charge is 2.24. The molecule has 17 heavy (non-hydrogen) atoms. The maximum Gasteiger partial charge on any atom is 0.265 e. The van der Waals surface area contributed by atoms with E-state index in [4.69, 9.17) is 10.5 Å². The molecule has 0 unspecified atom stereocenters. The fraction of sp³-hybridized carbons (Fsp3) is 0.545. The smallest absolute Gasteiger partial charge is 0.265 e. The van der Waals surface area contributed by atoms with E-state index in [1.165, 1.54) is 16.2 Å². The van der Waals surface area contributed by atoms with Crippen LogP contribution in [-0.2, 0) is 0 Å². The Kier molecular flexibility index (Phi) is 4.22. The lowest BCUT2D eigenvalue weighted by Crippen LogP contribution is -2.21. The summed E-state index contributed by atoms with van der Waals surface area (Å²) in [6, 6.07) is 0. The molecule has 0 radical (unpaired) electrons. The van der Waals surface area contributed by atoms with Gasteiger partial charge in [-0.05, 0) is 6.92 Å². The van der Waals surface area contributed by atoms with Gasteiger partial charge in [-0.2, -0.15) is 0 Å². The van der Waals surface area contributed by atoms with Crippen LogP contribution in [-0.4, -0.2) is 45.6 Å². The molecule has 0 saturated carbocycles. The molecular weight excluding hydrogens is 238 g/mol. The summed E-state index contributed by atoms with van der Waals surface area (Å²) >= 11 is 1.36. The van der Waals surface area contributed by atoms with E-state index in [2.05, 4.69) is 0 Å². The summed E-state index contributed by atoms with van der Waals surface area (Å²) in [6.45, 7) is 2.86. The molecule has 1 aromatic rings. The van der Waals surface area contributed by atoms with Crippen LogP contribution in [0.4, 0.5) is 10.7 Å². The van der Waals surface area contributed by atoms with E-state index in [-0.39, 0.29) is 5.91 Å². The quantitative estimate of drug-likeness (QED) is 0.888. The van der Waals surface area contributed by atoms with Crippen molar-refractivity contribution < 1.29 is 9.53 Å². The second-order valence-corrected chi connectivity index (χ2v) is 4.90. The van der Waals surface area contributed by atoms with Gasteiger partial charge in [0.15, 0.2) is 5.75 Å². The zero-order chi connectivity index (χ0) is 13.2. The minimum atomic E-state index is -0.0958. The zero-order valence-electron chi connectivity index (χ0n) is 10.9. The van der Waals surface area contributed by atoms with E-state index in [0.717, 1.165) is 11.5 Å². The Morgan fingerprint density at radius 2 is 2.00 bits per heavy atom. The highest BCUT2D eigenvalue weighted by atomic mass is 32.1. The normalized spacial score (nSPS) is 10.2. The SMILES string of the molecule is CCN(C)c1sc(C(=O)N(C)C)c(N)c1OC. The lowest BCUT2D eigenvalue weighted by Gasteiger charge is -2.15. The van der Waals surface area contributed by atoms with Gasteiger partial charge in [-0.1, -0.05) is 0 Å². The van der Waals surface area contributed by atoms with Gasteiger partial charge in [0.05, 0.1) is 7.11 Å². The number of nitrogens with two attached hydrogens (primary N) is 1. The van der Waals surface area contributed by atoms with E-state index in [1.54, 1.807) is 21.2 Å². The number of nitrogen functional groups attached to an aromatic ring is 1. The summed E-state index contributed by atoms with van der Waals surface area (Å²) in [5, 5.41) is 0.887. The van der Waals surface area contributed by atoms with Crippen LogP contribution in [0.2, 0.25) is 0 Å². The molecule has 0 saturated heterocycles. The summed E-state index contributed by atoms with van der Waals surface area (Å²) in [5.41, 5.74) is 6.38. The number of rotatable bonds is 4. The monoisotopic (exact) mass is 257 g/mol. The van der Waals surface area contributed by atoms with Gasteiger partial charge in [0, 0.05) is 27.7 Å². The van der Waals surface area contributed by atoms with Crippen LogP contribution in [0.5, 0.6) is 5.75 Å². The van der Waals surface area contributed by atoms with Crippen molar-refractivity contribution in [3.05, 3.63) is 4.88 Å². The lowest BCUT2D eigenvalue weighted by atomic mass is 10.3. The van der Waals surface area contributed by atoms with Gasteiger partial charge in [0.1, 0.15) is 15.6 Å². The lowest BCUT2D eigenvalue weighted by molar-refractivity contribution is 0.0833. The number of methoxy groups -OCH3 is 1. The number of anilines is 2. The Balaban J connectivity index is 3.27. The first-order valence-corrected chi connectivity index (χ1v) is 6.14. The van der Waals surface area contributed by atoms with E-state index in [0.29, 0.717) is 16.3 Å². The van der Waals surface area contributed by atoms with Gasteiger partial charge < -0.3 is 20.3 Å². The van der Waals surface area contributed by atoms with Crippen LogP contribution < -0.4 is 15.4 Å². The molecular formula is C11H19N3O2S. The number of carbonyl (C=O) groups is 1. The minimum absolute atomic E-state index is 0.0958. The molecule has 96 valence electrons. The number of hydrogen-bond donors (Lipinski definition) is 1. The highest BCUT2D eigenvalue weighted by molar-refractivity contribution is 7.19. The molecule has 2 N–H and O–H groups in total. The van der Waals surface area contributed by atoms with Gasteiger partial charge in [-0.25, -0.2) is 0 Å². The van der Waals surface area contributed by atoms with Gasteiger partial charge in [-0.15, -0.1) is 11.3 Å². The molecule has 0 atom stereocenters. The number of hydrogen-bond acceptors (Lipinski definition) is 5. The average Bonchev–Trinajstić information content (AvgIpc) is 2.64. The molecule has 1 aromatic heterocycles. The van der Waals surface area contributed by atoms with Crippen LogP contribution >= 0.6 is 11.3 Å². The molecule has 0 aromatic carbocycles. The standard InChI is InChI=1S/C11H19N3O2S/c1-6-14(4)11-8(16-5)7(12)9(17-11)10(15)13(2)3/h6,12H2,1-5H3. The van der Waals surface area contributed by atoms with Crippen molar-refractivity contribution in [1.82, 2.24) is 4.90 Å². The van der Waals surface area contributed by atoms with Crippen LogP contribution in [0.25, 0.3) is 0 Å². The number of thiophene rings is 1. The summed E-state index contributed by atoms with van der Waals surface area (Å²) in [7, 11) is 6.92. The molecule has 6 heteroatoms. The third-order valence-electron chi connectivity index (χ3n) is 2.51. The Morgan fingerprint density at radius 1 is 1.41 bits per heavy atom. The Morgan fingerprint density at radius 3 is 2.41 bits per heavy atom. The minimum Gasteiger partial charge on any atom is -0.492 e. The third-order valence-corrected chi connectivity index (χ3v) is 3.80. The molecule has 0 fully saturated rings. The van der Waals surface area contributed by atoms with Crippen molar-refractivity contribution in [2.45, 2.75) is 6.92 Å². The first kappa shape index (κ1) is 13.6. The molecule has 0 spiro atoms. The van der Waals surface area contributed by atoms with Crippen molar-refractivity contribution in [2.75, 3.05) is 45.4 Å². The van der Waals surface area contributed by atoms with Crippen molar-refractivity contribution in [3.63, 3.8) is 0 Å². The van der Waals surface area contributed by atoms with E-state index >= 15 is 0 Å². The summed E-state index contributed by atoms with van der Waals surface area (Å²) in [5.74, 6) is 0.492. The van der Waals surface area contributed by atoms with Crippen molar-refractivity contribution in [2.24, 2.45) is 0 Å². The topological polar surface area (TPSA) is 58.8 Å². The Bertz CT molecular complexity index is 415. The molecule has 0 aliphatic carbocycles. The van der Waals surface area contributed by atoms with Crippen molar-refractivity contribution >= 4 is 27.9 Å². The van der Waals surface area contributed by atoms with Gasteiger partial charge in [0.25, 0.3) is 5.91 Å². The first-order chi connectivity index (χ1) is 7.93. The first-order valence-electron chi connectivity index (χ1n) is 5.33. The van der Waals surface area contributed by atoms with Crippen LogP contribution in [0.1, 0.15) is 16.6 Å². The molecule has 0 aliphatic rings. The third kappa shape index (κ3) is 2.46. The Labute approximate surface area is 106 Å². The van der Waals surface area contributed by atoms with Crippen LogP contribution in [0, 0.1) is 0 Å². The Hall–Kier alpha value is -1.43. The van der Waals surface area contributed by atoms with Crippen LogP contribution in [0.3, 0.4) is 0 Å². The second-order valence-electron chi connectivity index (χ2n) is 3.90. The molecule has 1 rings (SSSR count). The van der Waals surface area contributed by atoms with E-state index in [9.17, 15) is 4.79 Å². The zero-order valence-corrected chi connectivity index (χ0v) is 11.7. The predicted octanol–water partition coefficient (Wildman–Crippen LogP) is 1.50. The highest BCUT2D eigenvalue weighted by Crippen LogP contribution is 2.44. The van der Waals surface area contributed by atoms with Gasteiger partial charge in [0.2, 0.25) is 0 Å². The summed E-state index contributed by atoms with van der Waals surface area (Å²) in [4.78, 5) is 16.0. The maximum atomic E-state index is 11.9. The predicted molar refractivity (Wildman–Crippen MR) is 72.2 cm³/mol. The van der Waals surface area contributed by atoms with Crippen molar-refractivity contribution in [1.29, 1.82) is 0 Å². The molecule has 0 aliphatic heterocycles. The fourth-order valence-corrected chi connectivity index (χ4v) is 2.61. The molecule has 0 bridgehead atoms. The van der Waals surface area contributed by atoms with E-state index in [1.807, 2.05) is 18.9 Å². The molecule has 5 nitrogen and oxygen atoms in total. The van der Waals surface area contributed by atoms with Gasteiger partial charge >= 0.3 is 0 Å². The number of amides is 1. The number of nitrogens with zero attached hydrogens (tertiary/aromatic N) is 2. The largest absolute Gasteiger partial charge is 0.492 e. The van der Waals surface area contributed by atoms with Crippen molar-refractivity contribution in [3.8, 4) is 5.75 Å². The number of carbonyl (C=O) groups excluding carboxylic acids is 1. The summed E-state index contributed by atoms with van der Waals surface area (Å²) in [6.07, 6.45) is 0. The maximum absolute atomic E-state index is 11.9. The fourth-order valence-electron chi connectivity index (χ4n) is 1.37.